The zero-order valence-electron chi connectivity index (χ0n) is 9.83. The van der Waals surface area contributed by atoms with Crippen molar-refractivity contribution in [1.82, 2.24) is 9.97 Å². The van der Waals surface area contributed by atoms with Crippen LogP contribution in [-0.4, -0.2) is 22.1 Å². The monoisotopic (exact) mass is 234 g/mol. The van der Waals surface area contributed by atoms with Crippen molar-refractivity contribution in [3.63, 3.8) is 0 Å². The van der Waals surface area contributed by atoms with Crippen LogP contribution in [0.15, 0.2) is 10.9 Å². The fraction of sp³-hybridized carbons (Fsp3) is 0.667. The van der Waals surface area contributed by atoms with Crippen LogP contribution in [0.5, 0.6) is 0 Å². The molecule has 0 unspecified atom stereocenters. The van der Waals surface area contributed by atoms with Gasteiger partial charge in [-0.05, 0) is 32.1 Å². The van der Waals surface area contributed by atoms with E-state index in [4.69, 9.17) is 5.73 Å². The maximum absolute atomic E-state index is 11.5. The zero-order chi connectivity index (χ0) is 11.9. The minimum absolute atomic E-state index is 0.0796. The van der Waals surface area contributed by atoms with Gasteiger partial charge >= 0.3 is 0 Å². The molecule has 2 saturated carbocycles. The lowest BCUT2D eigenvalue weighted by Gasteiger charge is -2.38. The van der Waals surface area contributed by atoms with Gasteiger partial charge in [0.25, 0.3) is 5.56 Å². The summed E-state index contributed by atoms with van der Waals surface area (Å²) in [6.07, 6.45) is 5.58. The summed E-state index contributed by atoms with van der Waals surface area (Å²) >= 11 is 0. The molecule has 4 N–H and O–H groups in total. The number of hydrogen-bond acceptors (Lipinski definition) is 4. The highest BCUT2D eigenvalue weighted by Crippen LogP contribution is 2.37. The van der Waals surface area contributed by atoms with Crippen molar-refractivity contribution in [1.29, 1.82) is 0 Å². The Labute approximate surface area is 99.8 Å². The fourth-order valence-corrected chi connectivity index (χ4v) is 2.19. The first-order chi connectivity index (χ1) is 8.15. The summed E-state index contributed by atoms with van der Waals surface area (Å²) in [5.74, 6) is 1.94. The average molecular weight is 234 g/mol. The Morgan fingerprint density at radius 2 is 2.29 bits per heavy atom. The molecule has 1 heterocycles. The van der Waals surface area contributed by atoms with E-state index in [2.05, 4.69) is 15.3 Å². The van der Waals surface area contributed by atoms with E-state index in [-0.39, 0.29) is 11.1 Å². The topological polar surface area (TPSA) is 83.8 Å². The molecule has 5 heteroatoms. The minimum Gasteiger partial charge on any atom is -0.368 e. The SMILES string of the molecule is NC1(CNc2cc(=O)[nH]c(C3CC3)n2)CCC1. The molecule has 0 aliphatic heterocycles. The molecule has 0 radical (unpaired) electrons. The summed E-state index contributed by atoms with van der Waals surface area (Å²) < 4.78 is 0. The largest absolute Gasteiger partial charge is 0.368 e. The first-order valence-electron chi connectivity index (χ1n) is 6.29. The van der Waals surface area contributed by atoms with Gasteiger partial charge in [-0.1, -0.05) is 0 Å². The van der Waals surface area contributed by atoms with E-state index >= 15 is 0 Å². The number of hydrogen-bond donors (Lipinski definition) is 3. The third-order valence-electron chi connectivity index (χ3n) is 3.69. The molecule has 2 aliphatic rings. The Morgan fingerprint density at radius 1 is 1.53 bits per heavy atom. The molecule has 2 fully saturated rings. The number of aromatic nitrogens is 2. The highest BCUT2D eigenvalue weighted by Gasteiger charge is 2.32. The fourth-order valence-electron chi connectivity index (χ4n) is 2.19. The van der Waals surface area contributed by atoms with E-state index in [1.165, 1.54) is 12.5 Å². The first kappa shape index (κ1) is 10.8. The number of nitrogens with zero attached hydrogens (tertiary/aromatic N) is 1. The van der Waals surface area contributed by atoms with Crippen molar-refractivity contribution < 1.29 is 0 Å². The normalized spacial score (nSPS) is 21.9. The lowest BCUT2D eigenvalue weighted by Crippen LogP contribution is -2.52. The summed E-state index contributed by atoms with van der Waals surface area (Å²) in [5.41, 5.74) is 5.95. The maximum atomic E-state index is 11.5. The number of rotatable bonds is 4. The van der Waals surface area contributed by atoms with E-state index in [0.29, 0.717) is 18.3 Å². The Hall–Kier alpha value is -1.36. The van der Waals surface area contributed by atoms with Crippen molar-refractivity contribution in [3.05, 3.63) is 22.2 Å². The summed E-state index contributed by atoms with van der Waals surface area (Å²) in [4.78, 5) is 18.7. The quantitative estimate of drug-likeness (QED) is 0.724. The van der Waals surface area contributed by atoms with Crippen LogP contribution in [0.1, 0.15) is 43.8 Å². The summed E-state index contributed by atoms with van der Waals surface area (Å²) in [6, 6.07) is 1.51. The number of aromatic amines is 1. The molecular formula is C12H18N4O. The molecule has 5 nitrogen and oxygen atoms in total. The van der Waals surface area contributed by atoms with Crippen LogP contribution in [0.3, 0.4) is 0 Å². The second-order valence-electron chi connectivity index (χ2n) is 5.36. The van der Waals surface area contributed by atoms with Gasteiger partial charge in [0.05, 0.1) is 0 Å². The van der Waals surface area contributed by atoms with E-state index in [1.54, 1.807) is 0 Å². The maximum Gasteiger partial charge on any atom is 0.252 e. The van der Waals surface area contributed by atoms with Gasteiger partial charge < -0.3 is 16.0 Å². The van der Waals surface area contributed by atoms with E-state index in [9.17, 15) is 4.79 Å². The molecule has 0 spiro atoms. The summed E-state index contributed by atoms with van der Waals surface area (Å²) in [7, 11) is 0. The highest BCUT2D eigenvalue weighted by molar-refractivity contribution is 5.35. The van der Waals surface area contributed by atoms with Crippen molar-refractivity contribution in [2.75, 3.05) is 11.9 Å². The van der Waals surface area contributed by atoms with Gasteiger partial charge in [0, 0.05) is 24.1 Å². The Kier molecular flexibility index (Phi) is 2.43. The number of nitrogens with one attached hydrogen (secondary N) is 2. The van der Waals surface area contributed by atoms with Gasteiger partial charge in [-0.25, -0.2) is 4.98 Å². The van der Waals surface area contributed by atoms with Gasteiger partial charge in [-0.2, -0.15) is 0 Å². The third kappa shape index (κ3) is 2.34. The predicted molar refractivity (Wildman–Crippen MR) is 66.1 cm³/mol. The van der Waals surface area contributed by atoms with Crippen molar-refractivity contribution in [2.24, 2.45) is 5.73 Å². The van der Waals surface area contributed by atoms with E-state index in [1.807, 2.05) is 0 Å². The van der Waals surface area contributed by atoms with E-state index in [0.717, 1.165) is 31.5 Å². The molecule has 0 amide bonds. The predicted octanol–water partition coefficient (Wildman–Crippen LogP) is 0.941. The van der Waals surface area contributed by atoms with Crippen molar-refractivity contribution in [3.8, 4) is 0 Å². The molecular weight excluding hydrogens is 216 g/mol. The molecule has 0 saturated heterocycles. The molecule has 17 heavy (non-hydrogen) atoms. The average Bonchev–Trinajstić information content (AvgIpc) is 3.06. The lowest BCUT2D eigenvalue weighted by atomic mass is 9.78. The number of H-pyrrole nitrogens is 1. The molecule has 1 aromatic rings. The zero-order valence-corrected chi connectivity index (χ0v) is 9.83. The van der Waals surface area contributed by atoms with Gasteiger partial charge in [0.2, 0.25) is 0 Å². The molecule has 0 aromatic carbocycles. The summed E-state index contributed by atoms with van der Waals surface area (Å²) in [6.45, 7) is 0.702. The van der Waals surface area contributed by atoms with Crippen LogP contribution in [0.4, 0.5) is 5.82 Å². The van der Waals surface area contributed by atoms with Gasteiger partial charge in [-0.3, -0.25) is 4.79 Å². The smallest absolute Gasteiger partial charge is 0.252 e. The van der Waals surface area contributed by atoms with Gasteiger partial charge in [0.15, 0.2) is 0 Å². The van der Waals surface area contributed by atoms with Crippen LogP contribution < -0.4 is 16.6 Å². The van der Waals surface area contributed by atoms with Crippen molar-refractivity contribution >= 4 is 5.82 Å². The molecule has 1 aromatic heterocycles. The second kappa shape index (κ2) is 3.84. The second-order valence-corrected chi connectivity index (χ2v) is 5.36. The molecule has 2 aliphatic carbocycles. The van der Waals surface area contributed by atoms with E-state index < -0.39 is 0 Å². The minimum atomic E-state index is -0.0932. The standard InChI is InChI=1S/C12H18N4O/c13-12(4-1-5-12)7-14-9-6-10(17)16-11(15-9)8-2-3-8/h6,8H,1-5,7,13H2,(H2,14,15,16,17). The van der Waals surface area contributed by atoms with Gasteiger partial charge in [-0.15, -0.1) is 0 Å². The Morgan fingerprint density at radius 3 is 2.88 bits per heavy atom. The lowest BCUT2D eigenvalue weighted by molar-refractivity contribution is 0.265. The van der Waals surface area contributed by atoms with Crippen molar-refractivity contribution in [2.45, 2.75) is 43.6 Å². The van der Waals surface area contributed by atoms with Crippen LogP contribution in [0.2, 0.25) is 0 Å². The third-order valence-corrected chi connectivity index (χ3v) is 3.69. The van der Waals surface area contributed by atoms with Crippen LogP contribution in [0, 0.1) is 0 Å². The first-order valence-corrected chi connectivity index (χ1v) is 6.29. The molecule has 92 valence electrons. The molecule has 3 rings (SSSR count). The molecule has 0 bridgehead atoms. The van der Waals surface area contributed by atoms with Gasteiger partial charge in [0.1, 0.15) is 11.6 Å². The number of nitrogens with two attached hydrogens (primary N) is 1. The van der Waals surface area contributed by atoms with Crippen LogP contribution in [-0.2, 0) is 0 Å². The Balaban J connectivity index is 1.71. The Bertz CT molecular complexity index is 474. The van der Waals surface area contributed by atoms with Crippen LogP contribution >= 0.6 is 0 Å². The molecule has 0 atom stereocenters. The van der Waals surface area contributed by atoms with Crippen LogP contribution in [0.25, 0.3) is 0 Å². The highest BCUT2D eigenvalue weighted by atomic mass is 16.1. The number of anilines is 1. The summed E-state index contributed by atoms with van der Waals surface area (Å²) in [5, 5.41) is 3.19.